The van der Waals surface area contributed by atoms with Crippen LogP contribution < -0.4 is 5.32 Å². The molecule has 0 atom stereocenters. The third-order valence-electron chi connectivity index (χ3n) is 1.43. The lowest BCUT2D eigenvalue weighted by atomic mass is 10.3. The summed E-state index contributed by atoms with van der Waals surface area (Å²) in [5.74, 6) is -1.08. The van der Waals surface area contributed by atoms with Gasteiger partial charge in [-0.05, 0) is 19.1 Å². The van der Waals surface area contributed by atoms with E-state index in [9.17, 15) is 4.79 Å². The van der Waals surface area contributed by atoms with E-state index >= 15 is 0 Å². The molecule has 0 aliphatic carbocycles. The van der Waals surface area contributed by atoms with Gasteiger partial charge in [-0.1, -0.05) is 11.6 Å². The van der Waals surface area contributed by atoms with Crippen molar-refractivity contribution in [3.8, 4) is 0 Å². The standard InChI is InChI=1S/C8H9ClN2O2/c1-2-10-5-3-4-6(9)11-7(5)8(12)13/h3-4,10H,2H2,1H3,(H,12,13). The Labute approximate surface area is 80.6 Å². The molecule has 2 N–H and O–H groups in total. The topological polar surface area (TPSA) is 62.2 Å². The highest BCUT2D eigenvalue weighted by Crippen LogP contribution is 2.16. The number of nitrogens with one attached hydrogen (secondary N) is 1. The van der Waals surface area contributed by atoms with Gasteiger partial charge in [0.25, 0.3) is 0 Å². The van der Waals surface area contributed by atoms with E-state index in [0.717, 1.165) is 0 Å². The van der Waals surface area contributed by atoms with Crippen molar-refractivity contribution in [1.29, 1.82) is 0 Å². The summed E-state index contributed by atoms with van der Waals surface area (Å²) in [6.45, 7) is 2.52. The Bertz CT molecular complexity index is 328. The van der Waals surface area contributed by atoms with Crippen molar-refractivity contribution in [3.05, 3.63) is 23.0 Å². The quantitative estimate of drug-likeness (QED) is 0.732. The summed E-state index contributed by atoms with van der Waals surface area (Å²) < 4.78 is 0. The first-order valence-corrected chi connectivity index (χ1v) is 4.16. The molecule has 5 heteroatoms. The number of halogens is 1. The zero-order valence-corrected chi connectivity index (χ0v) is 7.80. The van der Waals surface area contributed by atoms with Gasteiger partial charge < -0.3 is 10.4 Å². The number of anilines is 1. The minimum atomic E-state index is -1.08. The molecular weight excluding hydrogens is 192 g/mol. The zero-order valence-electron chi connectivity index (χ0n) is 7.04. The maximum absolute atomic E-state index is 10.7. The van der Waals surface area contributed by atoms with Gasteiger partial charge in [-0.2, -0.15) is 0 Å². The molecular formula is C8H9ClN2O2. The summed E-state index contributed by atoms with van der Waals surface area (Å²) in [5.41, 5.74) is 0.439. The van der Waals surface area contributed by atoms with Crippen LogP contribution in [-0.2, 0) is 0 Å². The van der Waals surface area contributed by atoms with Gasteiger partial charge in [-0.3, -0.25) is 0 Å². The summed E-state index contributed by atoms with van der Waals surface area (Å²) in [5, 5.41) is 11.8. The molecule has 0 aliphatic rings. The fourth-order valence-corrected chi connectivity index (χ4v) is 1.08. The molecule has 0 spiro atoms. The van der Waals surface area contributed by atoms with Gasteiger partial charge in [0.05, 0.1) is 5.69 Å². The third kappa shape index (κ3) is 2.32. The fraction of sp³-hybridized carbons (Fsp3) is 0.250. The number of aromatic carboxylic acids is 1. The first-order valence-electron chi connectivity index (χ1n) is 3.79. The van der Waals surface area contributed by atoms with Crippen LogP contribution in [0.5, 0.6) is 0 Å². The molecule has 0 aromatic carbocycles. The van der Waals surface area contributed by atoms with Crippen molar-refractivity contribution in [3.63, 3.8) is 0 Å². The Hall–Kier alpha value is -1.29. The van der Waals surface area contributed by atoms with Crippen molar-refractivity contribution in [2.24, 2.45) is 0 Å². The predicted molar refractivity (Wildman–Crippen MR) is 50.4 cm³/mol. The van der Waals surface area contributed by atoms with Crippen molar-refractivity contribution in [2.75, 3.05) is 11.9 Å². The first-order chi connectivity index (χ1) is 6.15. The molecule has 0 saturated carbocycles. The van der Waals surface area contributed by atoms with E-state index in [4.69, 9.17) is 16.7 Å². The van der Waals surface area contributed by atoms with Crippen LogP contribution in [0.1, 0.15) is 17.4 Å². The van der Waals surface area contributed by atoms with Crippen molar-refractivity contribution in [1.82, 2.24) is 4.98 Å². The van der Waals surface area contributed by atoms with Crippen molar-refractivity contribution >= 4 is 23.3 Å². The Balaban J connectivity index is 3.10. The van der Waals surface area contributed by atoms with E-state index in [2.05, 4.69) is 10.3 Å². The van der Waals surface area contributed by atoms with Gasteiger partial charge in [0.2, 0.25) is 0 Å². The third-order valence-corrected chi connectivity index (χ3v) is 1.64. The van der Waals surface area contributed by atoms with E-state index in [1.807, 2.05) is 6.92 Å². The molecule has 0 fully saturated rings. The predicted octanol–water partition coefficient (Wildman–Crippen LogP) is 1.86. The largest absolute Gasteiger partial charge is 0.476 e. The van der Waals surface area contributed by atoms with Crippen LogP contribution in [0.25, 0.3) is 0 Å². The molecule has 0 aliphatic heterocycles. The lowest BCUT2D eigenvalue weighted by Gasteiger charge is -2.05. The highest BCUT2D eigenvalue weighted by atomic mass is 35.5. The second-order valence-electron chi connectivity index (χ2n) is 2.37. The Morgan fingerprint density at radius 1 is 1.69 bits per heavy atom. The minimum Gasteiger partial charge on any atom is -0.476 e. The number of pyridine rings is 1. The van der Waals surface area contributed by atoms with Gasteiger partial charge in [-0.15, -0.1) is 0 Å². The molecule has 13 heavy (non-hydrogen) atoms. The molecule has 0 saturated heterocycles. The average molecular weight is 201 g/mol. The second-order valence-corrected chi connectivity index (χ2v) is 2.75. The minimum absolute atomic E-state index is 0.0469. The fourth-order valence-electron chi connectivity index (χ4n) is 0.931. The number of carboxylic acids is 1. The van der Waals surface area contributed by atoms with E-state index in [0.29, 0.717) is 12.2 Å². The SMILES string of the molecule is CCNc1ccc(Cl)nc1C(=O)O. The van der Waals surface area contributed by atoms with Crippen molar-refractivity contribution < 1.29 is 9.90 Å². The normalized spacial score (nSPS) is 9.69. The molecule has 1 heterocycles. The molecule has 0 unspecified atom stereocenters. The number of carbonyl (C=O) groups is 1. The second kappa shape index (κ2) is 4.09. The summed E-state index contributed by atoms with van der Waals surface area (Å²) in [7, 11) is 0. The van der Waals surface area contributed by atoms with Gasteiger partial charge in [0.1, 0.15) is 5.15 Å². The van der Waals surface area contributed by atoms with Gasteiger partial charge in [-0.25, -0.2) is 9.78 Å². The lowest BCUT2D eigenvalue weighted by molar-refractivity contribution is 0.0691. The summed E-state index contributed by atoms with van der Waals surface area (Å²) in [6.07, 6.45) is 0. The van der Waals surface area contributed by atoms with Gasteiger partial charge in [0, 0.05) is 6.54 Å². The average Bonchev–Trinajstić information content (AvgIpc) is 2.08. The molecule has 4 nitrogen and oxygen atoms in total. The van der Waals surface area contributed by atoms with Crippen LogP contribution >= 0.6 is 11.6 Å². The maximum Gasteiger partial charge on any atom is 0.356 e. The smallest absolute Gasteiger partial charge is 0.356 e. The number of carboxylic acid groups (broad SMARTS) is 1. The lowest BCUT2D eigenvalue weighted by Crippen LogP contribution is -2.07. The van der Waals surface area contributed by atoms with Crippen LogP contribution in [0.3, 0.4) is 0 Å². The Morgan fingerprint density at radius 2 is 2.38 bits per heavy atom. The van der Waals surface area contributed by atoms with Crippen LogP contribution in [0, 0.1) is 0 Å². The molecule has 70 valence electrons. The number of hydrogen-bond acceptors (Lipinski definition) is 3. The summed E-state index contributed by atoms with van der Waals surface area (Å²) >= 11 is 5.56. The van der Waals surface area contributed by atoms with Gasteiger partial charge in [0.15, 0.2) is 5.69 Å². The van der Waals surface area contributed by atoms with Gasteiger partial charge >= 0.3 is 5.97 Å². The van der Waals surface area contributed by atoms with Crippen LogP contribution in [0.15, 0.2) is 12.1 Å². The monoisotopic (exact) mass is 200 g/mol. The number of nitrogens with zero attached hydrogens (tertiary/aromatic N) is 1. The maximum atomic E-state index is 10.7. The zero-order chi connectivity index (χ0) is 9.84. The summed E-state index contributed by atoms with van der Waals surface area (Å²) in [6, 6.07) is 3.15. The molecule has 1 aromatic heterocycles. The highest BCUT2D eigenvalue weighted by Gasteiger charge is 2.11. The number of rotatable bonds is 3. The first kappa shape index (κ1) is 9.80. The van der Waals surface area contributed by atoms with E-state index in [1.165, 1.54) is 0 Å². The van der Waals surface area contributed by atoms with Crippen LogP contribution in [0.4, 0.5) is 5.69 Å². The van der Waals surface area contributed by atoms with Crippen LogP contribution in [-0.4, -0.2) is 22.6 Å². The molecule has 0 radical (unpaired) electrons. The molecule has 0 amide bonds. The van der Waals surface area contributed by atoms with E-state index in [-0.39, 0.29) is 10.8 Å². The molecule has 0 bridgehead atoms. The Morgan fingerprint density at radius 3 is 2.92 bits per heavy atom. The van der Waals surface area contributed by atoms with Crippen molar-refractivity contribution in [2.45, 2.75) is 6.92 Å². The summed E-state index contributed by atoms with van der Waals surface area (Å²) in [4.78, 5) is 14.4. The molecule has 1 aromatic rings. The highest BCUT2D eigenvalue weighted by molar-refractivity contribution is 6.29. The number of hydrogen-bond donors (Lipinski definition) is 2. The van der Waals surface area contributed by atoms with Crippen LogP contribution in [0.2, 0.25) is 5.15 Å². The van der Waals surface area contributed by atoms with E-state index < -0.39 is 5.97 Å². The number of aromatic nitrogens is 1. The Kier molecular flexibility index (Phi) is 3.08. The molecule has 1 rings (SSSR count). The van der Waals surface area contributed by atoms with E-state index in [1.54, 1.807) is 12.1 Å².